The number of aliphatic hydroxyl groups excluding tert-OH is 1. The van der Waals surface area contributed by atoms with Crippen LogP contribution in [0.4, 0.5) is 8.78 Å². The number of nitrogens with zero attached hydrogens (tertiary/aromatic N) is 1. The number of carbonyl (C=O) groups excluding carboxylic acids is 1. The number of rotatable bonds is 7. The maximum Gasteiger partial charge on any atom is 0.248 e. The maximum atomic E-state index is 13.6. The Balaban J connectivity index is 1.49. The van der Waals surface area contributed by atoms with E-state index in [2.05, 4.69) is 20.6 Å². The standard InChI is InChI=1S/C25H34F2N4O2/c1-15(2)23-28-14-20(31-23)21-19(30-17-8-10-25(26,27)11-9-17)12-18(22(21)32)24(33)29-13-16-6-4-3-5-7-16/h3-7,14-15,17-19,21-22,30,32H,8-13H2,1-2H3,(H,28,31)(H,29,33)/t18-,19+,21+,22+/m0/s1. The second kappa shape index (κ2) is 9.89. The van der Waals surface area contributed by atoms with Crippen LogP contribution in [0.1, 0.15) is 74.9 Å². The first-order chi connectivity index (χ1) is 15.7. The number of alkyl halides is 2. The van der Waals surface area contributed by atoms with E-state index in [1.165, 1.54) is 0 Å². The first-order valence-electron chi connectivity index (χ1n) is 11.9. The number of H-pyrrole nitrogens is 1. The molecule has 2 saturated carbocycles. The van der Waals surface area contributed by atoms with Gasteiger partial charge in [-0.25, -0.2) is 13.8 Å². The number of hydrogen-bond donors (Lipinski definition) is 4. The molecular weight excluding hydrogens is 426 g/mol. The van der Waals surface area contributed by atoms with Crippen molar-refractivity contribution in [3.05, 3.63) is 53.6 Å². The van der Waals surface area contributed by atoms with Gasteiger partial charge in [-0.05, 0) is 24.8 Å². The molecule has 2 aliphatic rings. The largest absolute Gasteiger partial charge is 0.392 e. The number of halogens is 2. The number of aromatic nitrogens is 2. The predicted octanol–water partition coefficient (Wildman–Crippen LogP) is 3.85. The number of carbonyl (C=O) groups is 1. The average molecular weight is 461 g/mol. The molecule has 0 unspecified atom stereocenters. The molecule has 0 aliphatic heterocycles. The topological polar surface area (TPSA) is 90.0 Å². The fourth-order valence-electron chi connectivity index (χ4n) is 5.12. The molecule has 4 rings (SSSR count). The van der Waals surface area contributed by atoms with E-state index < -0.39 is 17.9 Å². The van der Waals surface area contributed by atoms with E-state index in [4.69, 9.17) is 0 Å². The fourth-order valence-corrected chi connectivity index (χ4v) is 5.12. The van der Waals surface area contributed by atoms with Gasteiger partial charge in [0.05, 0.1) is 12.0 Å². The zero-order valence-electron chi connectivity index (χ0n) is 19.2. The van der Waals surface area contributed by atoms with E-state index in [0.717, 1.165) is 17.1 Å². The monoisotopic (exact) mass is 460 g/mol. The Labute approximate surface area is 193 Å². The summed E-state index contributed by atoms with van der Waals surface area (Å²) in [5.41, 5.74) is 1.77. The summed E-state index contributed by atoms with van der Waals surface area (Å²) in [5, 5.41) is 17.7. The predicted molar refractivity (Wildman–Crippen MR) is 122 cm³/mol. The summed E-state index contributed by atoms with van der Waals surface area (Å²) in [6, 6.07) is 9.38. The molecule has 0 bridgehead atoms. The van der Waals surface area contributed by atoms with Crippen LogP contribution < -0.4 is 10.6 Å². The van der Waals surface area contributed by atoms with Gasteiger partial charge in [-0.15, -0.1) is 0 Å². The van der Waals surface area contributed by atoms with Gasteiger partial charge < -0.3 is 20.7 Å². The third kappa shape index (κ3) is 5.61. The molecule has 1 heterocycles. The zero-order chi connectivity index (χ0) is 23.6. The molecule has 1 aromatic carbocycles. The number of hydrogen-bond acceptors (Lipinski definition) is 4. The molecule has 180 valence electrons. The minimum absolute atomic E-state index is 0.0528. The fraction of sp³-hybridized carbons (Fsp3) is 0.600. The smallest absolute Gasteiger partial charge is 0.248 e. The van der Waals surface area contributed by atoms with E-state index >= 15 is 0 Å². The van der Waals surface area contributed by atoms with Crippen LogP contribution in [0.5, 0.6) is 0 Å². The number of benzene rings is 1. The Kier molecular flexibility index (Phi) is 7.14. The Morgan fingerprint density at radius 1 is 1.24 bits per heavy atom. The molecule has 2 aliphatic carbocycles. The molecule has 0 spiro atoms. The van der Waals surface area contributed by atoms with Crippen molar-refractivity contribution in [3.8, 4) is 0 Å². The lowest BCUT2D eigenvalue weighted by Gasteiger charge is -2.33. The molecule has 2 fully saturated rings. The summed E-state index contributed by atoms with van der Waals surface area (Å²) in [7, 11) is 0. The van der Waals surface area contributed by atoms with Crippen LogP contribution in [0, 0.1) is 5.92 Å². The molecule has 8 heteroatoms. The van der Waals surface area contributed by atoms with Gasteiger partial charge in [-0.3, -0.25) is 4.79 Å². The third-order valence-electron chi connectivity index (χ3n) is 7.06. The van der Waals surface area contributed by atoms with Crippen LogP contribution in [0.2, 0.25) is 0 Å². The summed E-state index contributed by atoms with van der Waals surface area (Å²) in [4.78, 5) is 20.8. The molecule has 1 amide bonds. The van der Waals surface area contributed by atoms with Crippen molar-refractivity contribution in [2.75, 3.05) is 0 Å². The van der Waals surface area contributed by atoms with Crippen molar-refractivity contribution in [1.29, 1.82) is 0 Å². The van der Waals surface area contributed by atoms with Crippen molar-refractivity contribution >= 4 is 5.91 Å². The van der Waals surface area contributed by atoms with Gasteiger partial charge >= 0.3 is 0 Å². The van der Waals surface area contributed by atoms with Crippen molar-refractivity contribution in [3.63, 3.8) is 0 Å². The lowest BCUT2D eigenvalue weighted by Crippen LogP contribution is -2.44. The number of aromatic amines is 1. The molecule has 1 aromatic heterocycles. The van der Waals surface area contributed by atoms with E-state index in [9.17, 15) is 18.7 Å². The third-order valence-corrected chi connectivity index (χ3v) is 7.06. The van der Waals surface area contributed by atoms with E-state index in [-0.39, 0.29) is 42.7 Å². The van der Waals surface area contributed by atoms with Crippen molar-refractivity contribution < 1.29 is 18.7 Å². The summed E-state index contributed by atoms with van der Waals surface area (Å²) >= 11 is 0. The van der Waals surface area contributed by atoms with Crippen molar-refractivity contribution in [1.82, 2.24) is 20.6 Å². The van der Waals surface area contributed by atoms with E-state index in [1.807, 2.05) is 44.2 Å². The maximum absolute atomic E-state index is 13.6. The minimum Gasteiger partial charge on any atom is -0.392 e. The van der Waals surface area contributed by atoms with Crippen molar-refractivity contribution in [2.45, 2.75) is 88.4 Å². The van der Waals surface area contributed by atoms with Crippen LogP contribution in [-0.2, 0) is 11.3 Å². The number of imidazole rings is 1. The van der Waals surface area contributed by atoms with Gasteiger partial charge in [0.15, 0.2) is 0 Å². The molecule has 33 heavy (non-hydrogen) atoms. The summed E-state index contributed by atoms with van der Waals surface area (Å²) in [6.45, 7) is 4.46. The molecule has 2 aromatic rings. The summed E-state index contributed by atoms with van der Waals surface area (Å²) in [6.07, 6.45) is 1.78. The number of amides is 1. The lowest BCUT2D eigenvalue weighted by atomic mass is 9.90. The van der Waals surface area contributed by atoms with Crippen LogP contribution in [0.3, 0.4) is 0 Å². The Morgan fingerprint density at radius 2 is 1.94 bits per heavy atom. The Hall–Kier alpha value is -2.32. The Bertz CT molecular complexity index is 923. The first-order valence-corrected chi connectivity index (χ1v) is 11.9. The van der Waals surface area contributed by atoms with Gasteiger partial charge in [0.1, 0.15) is 5.82 Å². The quantitative estimate of drug-likeness (QED) is 0.505. The molecule has 6 nitrogen and oxygen atoms in total. The highest BCUT2D eigenvalue weighted by molar-refractivity contribution is 5.80. The Morgan fingerprint density at radius 3 is 2.58 bits per heavy atom. The van der Waals surface area contributed by atoms with Crippen molar-refractivity contribution in [2.24, 2.45) is 5.92 Å². The van der Waals surface area contributed by atoms with Crippen LogP contribution in [0.25, 0.3) is 0 Å². The van der Waals surface area contributed by atoms with Gasteiger partial charge in [-0.1, -0.05) is 44.2 Å². The highest BCUT2D eigenvalue weighted by atomic mass is 19.3. The second-order valence-electron chi connectivity index (χ2n) is 9.84. The highest BCUT2D eigenvalue weighted by Crippen LogP contribution is 2.41. The van der Waals surface area contributed by atoms with Crippen LogP contribution in [0.15, 0.2) is 36.5 Å². The van der Waals surface area contributed by atoms with Gasteiger partial charge in [0, 0.05) is 55.2 Å². The normalized spacial score (nSPS) is 27.7. The van der Waals surface area contributed by atoms with Crippen LogP contribution >= 0.6 is 0 Å². The van der Waals surface area contributed by atoms with E-state index in [1.54, 1.807) is 6.20 Å². The summed E-state index contributed by atoms with van der Waals surface area (Å²) < 4.78 is 27.3. The average Bonchev–Trinajstić information content (AvgIpc) is 3.39. The molecular formula is C25H34F2N4O2. The molecule has 4 atom stereocenters. The van der Waals surface area contributed by atoms with Gasteiger partial charge in [0.25, 0.3) is 0 Å². The van der Waals surface area contributed by atoms with Gasteiger partial charge in [-0.2, -0.15) is 0 Å². The molecule has 0 radical (unpaired) electrons. The SMILES string of the molecule is CC(C)c1ncc([C@@H]2[C@H](O)[C@@H](C(=O)NCc3ccccc3)C[C@H]2NC2CCC(F)(F)CC2)[nH]1. The number of nitrogens with one attached hydrogen (secondary N) is 3. The molecule has 4 N–H and O–H groups in total. The lowest BCUT2D eigenvalue weighted by molar-refractivity contribution is -0.127. The zero-order valence-corrected chi connectivity index (χ0v) is 19.2. The first kappa shape index (κ1) is 23.8. The minimum atomic E-state index is -2.60. The van der Waals surface area contributed by atoms with Crippen LogP contribution in [-0.4, -0.2) is 45.1 Å². The van der Waals surface area contributed by atoms with E-state index in [0.29, 0.717) is 25.8 Å². The summed E-state index contributed by atoms with van der Waals surface area (Å²) in [5.74, 6) is -2.71. The number of aliphatic hydroxyl groups is 1. The molecule has 0 saturated heterocycles. The van der Waals surface area contributed by atoms with Gasteiger partial charge in [0.2, 0.25) is 11.8 Å². The second-order valence-corrected chi connectivity index (χ2v) is 9.84. The highest BCUT2D eigenvalue weighted by Gasteiger charge is 2.48.